The molecule has 1 unspecified atom stereocenters. The highest BCUT2D eigenvalue weighted by atomic mass is 16.2. The Labute approximate surface area is 92.6 Å². The molecule has 1 N–H and O–H groups in total. The molecule has 1 aliphatic rings. The number of piperidine rings is 1. The molecule has 0 aliphatic carbocycles. The minimum absolute atomic E-state index is 0.00106. The Kier molecular flexibility index (Phi) is 4.88. The molecule has 0 aromatic carbocycles. The van der Waals surface area contributed by atoms with E-state index in [1.54, 1.807) is 19.0 Å². The van der Waals surface area contributed by atoms with E-state index in [0.29, 0.717) is 6.04 Å². The Hall–Kier alpha value is -0.770. The molecule has 1 heterocycles. The van der Waals surface area contributed by atoms with E-state index in [2.05, 4.69) is 17.1 Å². The maximum atomic E-state index is 11.3. The summed E-state index contributed by atoms with van der Waals surface area (Å²) in [6.45, 7) is 5.29. The van der Waals surface area contributed by atoms with Crippen LogP contribution in [0.3, 0.4) is 0 Å². The Morgan fingerprint density at radius 2 is 1.93 bits per heavy atom. The minimum Gasteiger partial charge on any atom is -0.336 e. The molecule has 1 rings (SSSR count). The lowest BCUT2D eigenvalue weighted by molar-refractivity contribution is 0.167. The molecule has 2 amide bonds. The van der Waals surface area contributed by atoms with Gasteiger partial charge in [-0.1, -0.05) is 6.42 Å². The fourth-order valence-corrected chi connectivity index (χ4v) is 1.88. The Balaban J connectivity index is 2.22. The quantitative estimate of drug-likeness (QED) is 0.763. The molecule has 0 aromatic heterocycles. The predicted octanol–water partition coefficient (Wildman–Crippen LogP) is 1.13. The van der Waals surface area contributed by atoms with Crippen LogP contribution in [0.15, 0.2) is 0 Å². The third kappa shape index (κ3) is 4.08. The summed E-state index contributed by atoms with van der Waals surface area (Å²) in [5.41, 5.74) is 0. The lowest BCUT2D eigenvalue weighted by Gasteiger charge is -2.32. The average Bonchev–Trinajstić information content (AvgIpc) is 2.26. The van der Waals surface area contributed by atoms with Crippen LogP contribution in [0, 0.1) is 0 Å². The van der Waals surface area contributed by atoms with Crippen LogP contribution in [0.2, 0.25) is 0 Å². The van der Waals surface area contributed by atoms with Gasteiger partial charge in [-0.2, -0.15) is 0 Å². The van der Waals surface area contributed by atoms with E-state index < -0.39 is 0 Å². The Bertz CT molecular complexity index is 200. The molecule has 4 nitrogen and oxygen atoms in total. The zero-order chi connectivity index (χ0) is 11.3. The van der Waals surface area contributed by atoms with Crippen LogP contribution in [0.4, 0.5) is 4.79 Å². The van der Waals surface area contributed by atoms with Crippen molar-refractivity contribution in [1.82, 2.24) is 15.1 Å². The molecule has 0 radical (unpaired) electrons. The zero-order valence-electron chi connectivity index (χ0n) is 10.1. The van der Waals surface area contributed by atoms with Gasteiger partial charge in [0.05, 0.1) is 0 Å². The van der Waals surface area contributed by atoms with E-state index in [-0.39, 0.29) is 6.03 Å². The summed E-state index contributed by atoms with van der Waals surface area (Å²) >= 11 is 0. The van der Waals surface area contributed by atoms with E-state index in [1.165, 1.54) is 32.4 Å². The highest BCUT2D eigenvalue weighted by Crippen LogP contribution is 2.11. The summed E-state index contributed by atoms with van der Waals surface area (Å²) in [5, 5.41) is 2.92. The van der Waals surface area contributed by atoms with Crippen molar-refractivity contribution in [2.45, 2.75) is 32.2 Å². The first-order valence-corrected chi connectivity index (χ1v) is 5.80. The van der Waals surface area contributed by atoms with E-state index >= 15 is 0 Å². The normalized spacial score (nSPS) is 19.7. The number of nitrogens with one attached hydrogen (secondary N) is 1. The second-order valence-corrected chi connectivity index (χ2v) is 4.53. The molecule has 1 fully saturated rings. The van der Waals surface area contributed by atoms with Crippen LogP contribution in [0.1, 0.15) is 26.2 Å². The van der Waals surface area contributed by atoms with Gasteiger partial charge in [-0.3, -0.25) is 4.90 Å². The van der Waals surface area contributed by atoms with Gasteiger partial charge in [-0.15, -0.1) is 0 Å². The van der Waals surface area contributed by atoms with Gasteiger partial charge in [0.1, 0.15) is 0 Å². The SMILES string of the molecule is CC(CNC(=O)N(C)C)N1CCCCC1. The van der Waals surface area contributed by atoms with E-state index in [4.69, 9.17) is 0 Å². The minimum atomic E-state index is -0.00106. The van der Waals surface area contributed by atoms with Crippen LogP contribution >= 0.6 is 0 Å². The van der Waals surface area contributed by atoms with Gasteiger partial charge in [-0.25, -0.2) is 4.79 Å². The van der Waals surface area contributed by atoms with Gasteiger partial charge in [0.15, 0.2) is 0 Å². The summed E-state index contributed by atoms with van der Waals surface area (Å²) in [6.07, 6.45) is 3.95. The number of likely N-dealkylation sites (tertiary alicyclic amines) is 1. The summed E-state index contributed by atoms with van der Waals surface area (Å²) in [4.78, 5) is 15.4. The van der Waals surface area contributed by atoms with Crippen LogP contribution in [-0.4, -0.2) is 55.6 Å². The molecule has 0 saturated carbocycles. The van der Waals surface area contributed by atoms with Crippen molar-refractivity contribution < 1.29 is 4.79 Å². The maximum absolute atomic E-state index is 11.3. The van der Waals surface area contributed by atoms with Crippen molar-refractivity contribution in [3.8, 4) is 0 Å². The third-order valence-electron chi connectivity index (χ3n) is 2.97. The summed E-state index contributed by atoms with van der Waals surface area (Å²) < 4.78 is 0. The largest absolute Gasteiger partial charge is 0.336 e. The number of carbonyl (C=O) groups is 1. The standard InChI is InChI=1S/C11H23N3O/c1-10(9-12-11(15)13(2)3)14-7-5-4-6-8-14/h10H,4-9H2,1-3H3,(H,12,15). The number of nitrogens with zero attached hydrogens (tertiary/aromatic N) is 2. The molecule has 1 aliphatic heterocycles. The summed E-state index contributed by atoms with van der Waals surface area (Å²) in [6, 6.07) is 0.452. The molecule has 1 atom stereocenters. The Morgan fingerprint density at radius 1 is 1.33 bits per heavy atom. The molecule has 4 heteroatoms. The molecule has 0 aromatic rings. The number of hydrogen-bond donors (Lipinski definition) is 1. The zero-order valence-corrected chi connectivity index (χ0v) is 10.1. The highest BCUT2D eigenvalue weighted by Gasteiger charge is 2.17. The lowest BCUT2D eigenvalue weighted by Crippen LogP contribution is -2.46. The molecule has 0 bridgehead atoms. The monoisotopic (exact) mass is 213 g/mol. The van der Waals surface area contributed by atoms with Gasteiger partial charge in [0.2, 0.25) is 0 Å². The van der Waals surface area contributed by atoms with Crippen LogP contribution in [0.25, 0.3) is 0 Å². The highest BCUT2D eigenvalue weighted by molar-refractivity contribution is 5.73. The molecular formula is C11H23N3O. The number of carbonyl (C=O) groups excluding carboxylic acids is 1. The summed E-state index contributed by atoms with van der Waals surface area (Å²) in [5.74, 6) is 0. The fraction of sp³-hybridized carbons (Fsp3) is 0.909. The van der Waals surface area contributed by atoms with Crippen molar-refractivity contribution in [1.29, 1.82) is 0 Å². The lowest BCUT2D eigenvalue weighted by atomic mass is 10.1. The second kappa shape index (κ2) is 5.95. The maximum Gasteiger partial charge on any atom is 0.316 e. The van der Waals surface area contributed by atoms with Crippen LogP contribution in [0.5, 0.6) is 0 Å². The summed E-state index contributed by atoms with van der Waals surface area (Å²) in [7, 11) is 3.53. The number of urea groups is 1. The first-order valence-electron chi connectivity index (χ1n) is 5.80. The van der Waals surface area contributed by atoms with Crippen LogP contribution in [-0.2, 0) is 0 Å². The smallest absolute Gasteiger partial charge is 0.316 e. The van der Waals surface area contributed by atoms with Crippen molar-refractivity contribution in [3.63, 3.8) is 0 Å². The average molecular weight is 213 g/mol. The first-order chi connectivity index (χ1) is 7.11. The van der Waals surface area contributed by atoms with Crippen molar-refractivity contribution in [3.05, 3.63) is 0 Å². The first kappa shape index (κ1) is 12.3. The molecule has 1 saturated heterocycles. The van der Waals surface area contributed by atoms with Gasteiger partial charge >= 0.3 is 6.03 Å². The van der Waals surface area contributed by atoms with Gasteiger partial charge in [0, 0.05) is 26.7 Å². The molecule has 88 valence electrons. The van der Waals surface area contributed by atoms with Crippen molar-refractivity contribution >= 4 is 6.03 Å². The second-order valence-electron chi connectivity index (χ2n) is 4.53. The Morgan fingerprint density at radius 3 is 2.47 bits per heavy atom. The van der Waals surface area contributed by atoms with Crippen molar-refractivity contribution in [2.75, 3.05) is 33.7 Å². The van der Waals surface area contributed by atoms with Gasteiger partial charge in [0.25, 0.3) is 0 Å². The van der Waals surface area contributed by atoms with Crippen LogP contribution < -0.4 is 5.32 Å². The number of amides is 2. The van der Waals surface area contributed by atoms with E-state index in [9.17, 15) is 4.79 Å². The van der Waals surface area contributed by atoms with Gasteiger partial charge in [-0.05, 0) is 32.9 Å². The number of rotatable bonds is 3. The predicted molar refractivity (Wildman–Crippen MR) is 62.0 cm³/mol. The van der Waals surface area contributed by atoms with Gasteiger partial charge < -0.3 is 10.2 Å². The third-order valence-corrected chi connectivity index (χ3v) is 2.97. The molecule has 15 heavy (non-hydrogen) atoms. The molecular weight excluding hydrogens is 190 g/mol. The van der Waals surface area contributed by atoms with E-state index in [0.717, 1.165) is 6.54 Å². The van der Waals surface area contributed by atoms with Crippen molar-refractivity contribution in [2.24, 2.45) is 0 Å². The topological polar surface area (TPSA) is 35.6 Å². The van der Waals surface area contributed by atoms with E-state index in [1.807, 2.05) is 0 Å². The fourth-order valence-electron chi connectivity index (χ4n) is 1.88. The number of hydrogen-bond acceptors (Lipinski definition) is 2. The molecule has 0 spiro atoms.